The second-order valence-corrected chi connectivity index (χ2v) is 6.94. The fraction of sp³-hybridized carbons (Fsp3) is 0.474. The Balaban J connectivity index is 1.65. The maximum Gasteiger partial charge on any atom is 0.311 e. The first-order valence-electron chi connectivity index (χ1n) is 8.51. The molecule has 2 aromatic rings. The number of likely N-dealkylation sites (tertiary alicyclic amines) is 1. The highest BCUT2D eigenvalue weighted by atomic mass is 16.4. The van der Waals surface area contributed by atoms with Crippen molar-refractivity contribution in [3.63, 3.8) is 0 Å². The third-order valence-electron chi connectivity index (χ3n) is 5.79. The van der Waals surface area contributed by atoms with Crippen molar-refractivity contribution in [2.45, 2.75) is 44.7 Å². The first-order valence-corrected chi connectivity index (χ1v) is 8.51. The first-order chi connectivity index (χ1) is 11.2. The predicted octanol–water partition coefficient (Wildman–Crippen LogP) is 3.45. The van der Waals surface area contributed by atoms with E-state index in [-0.39, 0.29) is 6.04 Å². The van der Waals surface area contributed by atoms with Gasteiger partial charge in [-0.3, -0.25) is 14.7 Å². The van der Waals surface area contributed by atoms with E-state index in [1.165, 1.54) is 5.56 Å². The standard InChI is InChI=1S/C19H22N2O2/c22-18(23)19-9-2-1-8-16(19)21(12-10-19)13-15-6-3-5-14-7-4-11-20-17(14)15/h3-7,11,16H,1-2,8-10,12-13H2,(H,22,23)/t16-,19+/m0/s1. The third-order valence-corrected chi connectivity index (χ3v) is 5.79. The topological polar surface area (TPSA) is 53.4 Å². The molecule has 1 N–H and O–H groups in total. The summed E-state index contributed by atoms with van der Waals surface area (Å²) in [6.45, 7) is 1.67. The fourth-order valence-corrected chi connectivity index (χ4v) is 4.60. The maximum atomic E-state index is 11.9. The van der Waals surface area contributed by atoms with Crippen molar-refractivity contribution >= 4 is 16.9 Å². The summed E-state index contributed by atoms with van der Waals surface area (Å²) in [7, 11) is 0. The Hall–Kier alpha value is -1.94. The number of aromatic nitrogens is 1. The molecule has 1 aromatic carbocycles. The van der Waals surface area contributed by atoms with Crippen LogP contribution in [0, 0.1) is 5.41 Å². The second-order valence-electron chi connectivity index (χ2n) is 6.94. The Labute approximate surface area is 136 Å². The molecule has 1 saturated carbocycles. The molecule has 2 heterocycles. The molecule has 1 saturated heterocycles. The zero-order chi connectivity index (χ0) is 15.9. The largest absolute Gasteiger partial charge is 0.481 e. The van der Waals surface area contributed by atoms with Crippen LogP contribution in [0.4, 0.5) is 0 Å². The van der Waals surface area contributed by atoms with E-state index < -0.39 is 11.4 Å². The predicted molar refractivity (Wildman–Crippen MR) is 89.1 cm³/mol. The summed E-state index contributed by atoms with van der Waals surface area (Å²) in [5.41, 5.74) is 1.73. The third kappa shape index (κ3) is 2.32. The summed E-state index contributed by atoms with van der Waals surface area (Å²) in [5.74, 6) is -0.597. The van der Waals surface area contributed by atoms with Gasteiger partial charge in [-0.1, -0.05) is 37.1 Å². The molecule has 23 heavy (non-hydrogen) atoms. The van der Waals surface area contributed by atoms with Crippen molar-refractivity contribution in [2.24, 2.45) is 5.41 Å². The molecule has 0 unspecified atom stereocenters. The van der Waals surface area contributed by atoms with Crippen LogP contribution in [-0.4, -0.2) is 33.5 Å². The zero-order valence-electron chi connectivity index (χ0n) is 13.2. The summed E-state index contributed by atoms with van der Waals surface area (Å²) in [6.07, 6.45) is 6.64. The summed E-state index contributed by atoms with van der Waals surface area (Å²) < 4.78 is 0. The Kier molecular flexibility index (Phi) is 3.57. The molecule has 1 aliphatic heterocycles. The molecule has 0 radical (unpaired) electrons. The van der Waals surface area contributed by atoms with E-state index in [0.29, 0.717) is 0 Å². The van der Waals surface area contributed by atoms with Gasteiger partial charge in [0.05, 0.1) is 10.9 Å². The van der Waals surface area contributed by atoms with E-state index in [9.17, 15) is 9.90 Å². The van der Waals surface area contributed by atoms with Crippen LogP contribution >= 0.6 is 0 Å². The molecule has 120 valence electrons. The van der Waals surface area contributed by atoms with Crippen LogP contribution in [0.2, 0.25) is 0 Å². The molecular weight excluding hydrogens is 288 g/mol. The number of carboxylic acid groups (broad SMARTS) is 1. The molecule has 0 bridgehead atoms. The number of hydrogen-bond acceptors (Lipinski definition) is 3. The maximum absolute atomic E-state index is 11.9. The van der Waals surface area contributed by atoms with Crippen molar-refractivity contribution in [3.8, 4) is 0 Å². The zero-order valence-corrected chi connectivity index (χ0v) is 13.2. The lowest BCUT2D eigenvalue weighted by Crippen LogP contribution is -2.46. The minimum absolute atomic E-state index is 0.174. The Bertz CT molecular complexity index is 740. The molecule has 2 fully saturated rings. The highest BCUT2D eigenvalue weighted by Gasteiger charge is 2.53. The minimum atomic E-state index is -0.597. The number of hydrogen-bond donors (Lipinski definition) is 1. The van der Waals surface area contributed by atoms with Gasteiger partial charge in [0.15, 0.2) is 0 Å². The quantitative estimate of drug-likeness (QED) is 0.943. The van der Waals surface area contributed by atoms with Gasteiger partial charge in [-0.2, -0.15) is 0 Å². The molecule has 4 heteroatoms. The van der Waals surface area contributed by atoms with Crippen molar-refractivity contribution in [2.75, 3.05) is 6.54 Å². The van der Waals surface area contributed by atoms with Gasteiger partial charge in [-0.15, -0.1) is 0 Å². The number of carboxylic acids is 1. The number of rotatable bonds is 3. The lowest BCUT2D eigenvalue weighted by molar-refractivity contribution is -0.152. The van der Waals surface area contributed by atoms with Gasteiger partial charge in [0.2, 0.25) is 0 Å². The number of aliphatic carboxylic acids is 1. The molecule has 1 aromatic heterocycles. The van der Waals surface area contributed by atoms with Crippen LogP contribution in [0.1, 0.15) is 37.7 Å². The van der Waals surface area contributed by atoms with Gasteiger partial charge in [0, 0.05) is 24.2 Å². The van der Waals surface area contributed by atoms with Crippen LogP contribution in [-0.2, 0) is 11.3 Å². The van der Waals surface area contributed by atoms with Crippen molar-refractivity contribution in [1.29, 1.82) is 0 Å². The van der Waals surface area contributed by atoms with Crippen LogP contribution in [0.3, 0.4) is 0 Å². The van der Waals surface area contributed by atoms with Crippen LogP contribution in [0.5, 0.6) is 0 Å². The van der Waals surface area contributed by atoms with Crippen LogP contribution in [0.25, 0.3) is 10.9 Å². The average Bonchev–Trinajstić information content (AvgIpc) is 2.96. The molecule has 4 nitrogen and oxygen atoms in total. The number of fused-ring (bicyclic) bond motifs is 2. The van der Waals surface area contributed by atoms with Crippen LogP contribution < -0.4 is 0 Å². The van der Waals surface area contributed by atoms with Gasteiger partial charge in [-0.05, 0) is 37.4 Å². The van der Waals surface area contributed by atoms with Gasteiger partial charge < -0.3 is 5.11 Å². The summed E-state index contributed by atoms with van der Waals surface area (Å²) in [6, 6.07) is 10.5. The van der Waals surface area contributed by atoms with Crippen molar-refractivity contribution in [1.82, 2.24) is 9.88 Å². The first kappa shape index (κ1) is 14.6. The van der Waals surface area contributed by atoms with E-state index in [2.05, 4.69) is 34.1 Å². The highest BCUT2D eigenvalue weighted by Crippen LogP contribution is 2.47. The molecule has 0 amide bonds. The molecule has 0 spiro atoms. The molecule has 2 atom stereocenters. The minimum Gasteiger partial charge on any atom is -0.481 e. The fourth-order valence-electron chi connectivity index (χ4n) is 4.60. The molecule has 1 aliphatic carbocycles. The van der Waals surface area contributed by atoms with E-state index >= 15 is 0 Å². The van der Waals surface area contributed by atoms with Gasteiger partial charge in [0.25, 0.3) is 0 Å². The number of nitrogens with zero attached hydrogens (tertiary/aromatic N) is 2. The second kappa shape index (κ2) is 5.60. The lowest BCUT2D eigenvalue weighted by Gasteiger charge is -2.38. The van der Waals surface area contributed by atoms with Gasteiger partial charge >= 0.3 is 5.97 Å². The Morgan fingerprint density at radius 1 is 1.26 bits per heavy atom. The van der Waals surface area contributed by atoms with Crippen molar-refractivity contribution in [3.05, 3.63) is 42.1 Å². The number of carbonyl (C=O) groups is 1. The normalized spacial score (nSPS) is 27.9. The van der Waals surface area contributed by atoms with E-state index in [1.54, 1.807) is 0 Å². The monoisotopic (exact) mass is 310 g/mol. The van der Waals surface area contributed by atoms with Crippen LogP contribution in [0.15, 0.2) is 36.5 Å². The molecular formula is C19H22N2O2. The van der Waals surface area contributed by atoms with Crippen molar-refractivity contribution < 1.29 is 9.90 Å². The average molecular weight is 310 g/mol. The molecule has 2 aliphatic rings. The SMILES string of the molecule is O=C(O)[C@@]12CCCC[C@@H]1N(Cc1cccc3cccnc13)CC2. The highest BCUT2D eigenvalue weighted by molar-refractivity contribution is 5.81. The molecule has 4 rings (SSSR count). The number of para-hydroxylation sites is 1. The number of pyridine rings is 1. The van der Waals surface area contributed by atoms with Gasteiger partial charge in [0.1, 0.15) is 0 Å². The van der Waals surface area contributed by atoms with E-state index in [0.717, 1.165) is 56.1 Å². The Morgan fingerprint density at radius 2 is 2.13 bits per heavy atom. The van der Waals surface area contributed by atoms with Gasteiger partial charge in [-0.25, -0.2) is 0 Å². The summed E-state index contributed by atoms with van der Waals surface area (Å²) >= 11 is 0. The number of benzene rings is 1. The lowest BCUT2D eigenvalue weighted by atomic mass is 9.70. The summed E-state index contributed by atoms with van der Waals surface area (Å²) in [5, 5.41) is 11.0. The van der Waals surface area contributed by atoms with E-state index in [1.807, 2.05) is 12.3 Å². The Morgan fingerprint density at radius 3 is 3.00 bits per heavy atom. The van der Waals surface area contributed by atoms with E-state index in [4.69, 9.17) is 0 Å². The summed E-state index contributed by atoms with van der Waals surface area (Å²) in [4.78, 5) is 18.9. The smallest absolute Gasteiger partial charge is 0.311 e.